The highest BCUT2D eigenvalue weighted by Gasteiger charge is 2.49. The smallest absolute Gasteiger partial charge is 0.252 e. The number of fused-ring (bicyclic) bond motifs is 2. The van der Waals surface area contributed by atoms with Gasteiger partial charge in [0.1, 0.15) is 4.21 Å². The van der Waals surface area contributed by atoms with Crippen LogP contribution in [-0.2, 0) is 10.0 Å². The average molecular weight is 362 g/mol. The SMILES string of the molecule is O=C(NC1CC2CC1CN2S(=O)(=O)c1cccs1)c1ccccc1. The summed E-state index contributed by atoms with van der Waals surface area (Å²) in [5, 5.41) is 4.86. The molecule has 3 atom stereocenters. The molecule has 2 fully saturated rings. The first-order chi connectivity index (χ1) is 11.6. The van der Waals surface area contributed by atoms with Gasteiger partial charge in [-0.1, -0.05) is 24.3 Å². The minimum atomic E-state index is -3.39. The lowest BCUT2D eigenvalue weighted by molar-refractivity contribution is 0.0919. The van der Waals surface area contributed by atoms with Gasteiger partial charge < -0.3 is 5.32 Å². The van der Waals surface area contributed by atoms with E-state index in [9.17, 15) is 13.2 Å². The molecule has 2 heterocycles. The van der Waals surface area contributed by atoms with Crippen LogP contribution in [0.25, 0.3) is 0 Å². The van der Waals surface area contributed by atoms with E-state index in [1.54, 1.807) is 34.0 Å². The van der Waals surface area contributed by atoms with Crippen LogP contribution in [-0.4, -0.2) is 37.3 Å². The van der Waals surface area contributed by atoms with E-state index in [4.69, 9.17) is 0 Å². The number of amides is 1. The van der Waals surface area contributed by atoms with Gasteiger partial charge in [0.2, 0.25) is 0 Å². The maximum atomic E-state index is 12.7. The first-order valence-electron chi connectivity index (χ1n) is 7.97. The number of benzene rings is 1. The second-order valence-electron chi connectivity index (χ2n) is 6.34. The van der Waals surface area contributed by atoms with Crippen LogP contribution in [0.5, 0.6) is 0 Å². The van der Waals surface area contributed by atoms with Crippen LogP contribution in [0.2, 0.25) is 0 Å². The number of nitrogens with one attached hydrogen (secondary N) is 1. The van der Waals surface area contributed by atoms with Gasteiger partial charge in [0, 0.05) is 24.2 Å². The lowest BCUT2D eigenvalue weighted by Crippen LogP contribution is -2.47. The topological polar surface area (TPSA) is 66.5 Å². The van der Waals surface area contributed by atoms with Gasteiger partial charge in [0.15, 0.2) is 0 Å². The van der Waals surface area contributed by atoms with Gasteiger partial charge in [0.25, 0.3) is 15.9 Å². The Bertz CT molecular complexity index is 834. The first-order valence-corrected chi connectivity index (χ1v) is 10.3. The fraction of sp³-hybridized carbons (Fsp3) is 0.353. The molecular formula is C17H18N2O3S2. The van der Waals surface area contributed by atoms with E-state index < -0.39 is 10.0 Å². The predicted octanol–water partition coefficient (Wildman–Crippen LogP) is 2.33. The van der Waals surface area contributed by atoms with Crippen LogP contribution >= 0.6 is 11.3 Å². The zero-order valence-electron chi connectivity index (χ0n) is 13.0. The van der Waals surface area contributed by atoms with Crippen molar-refractivity contribution in [3.63, 3.8) is 0 Å². The largest absolute Gasteiger partial charge is 0.349 e. The molecule has 3 unspecified atom stereocenters. The number of thiophene rings is 1. The van der Waals surface area contributed by atoms with Gasteiger partial charge in [-0.15, -0.1) is 11.3 Å². The molecule has 2 aliphatic rings. The average Bonchev–Trinajstić information content (AvgIpc) is 3.32. The minimum Gasteiger partial charge on any atom is -0.349 e. The number of nitrogens with zero attached hydrogens (tertiary/aromatic N) is 1. The number of hydrogen-bond donors (Lipinski definition) is 1. The third-order valence-electron chi connectivity index (χ3n) is 4.90. The number of hydrogen-bond acceptors (Lipinski definition) is 4. The van der Waals surface area contributed by atoms with Crippen molar-refractivity contribution in [3.05, 3.63) is 53.4 Å². The molecule has 24 heavy (non-hydrogen) atoms. The highest BCUT2D eigenvalue weighted by atomic mass is 32.2. The van der Waals surface area contributed by atoms with Crippen LogP contribution in [0, 0.1) is 5.92 Å². The summed E-state index contributed by atoms with van der Waals surface area (Å²) in [7, 11) is -3.39. The molecule has 1 amide bonds. The Kier molecular flexibility index (Phi) is 3.94. The summed E-state index contributed by atoms with van der Waals surface area (Å²) >= 11 is 1.25. The van der Waals surface area contributed by atoms with Crippen LogP contribution in [0.15, 0.2) is 52.1 Å². The molecule has 2 aromatic rings. The van der Waals surface area contributed by atoms with E-state index >= 15 is 0 Å². The van der Waals surface area contributed by atoms with Crippen molar-refractivity contribution in [2.24, 2.45) is 5.92 Å². The van der Waals surface area contributed by atoms with Crippen molar-refractivity contribution in [2.45, 2.75) is 29.1 Å². The number of sulfonamides is 1. The summed E-state index contributed by atoms with van der Waals surface area (Å²) in [6.45, 7) is 0.491. The molecule has 1 N–H and O–H groups in total. The summed E-state index contributed by atoms with van der Waals surface area (Å²) in [6, 6.07) is 12.6. The van der Waals surface area contributed by atoms with E-state index in [1.807, 2.05) is 18.2 Å². The lowest BCUT2D eigenvalue weighted by atomic mass is 10.0. The molecule has 7 heteroatoms. The van der Waals surface area contributed by atoms with Crippen molar-refractivity contribution < 1.29 is 13.2 Å². The van der Waals surface area contributed by atoms with Crippen LogP contribution in [0.4, 0.5) is 0 Å². The highest BCUT2D eigenvalue weighted by molar-refractivity contribution is 7.91. The maximum Gasteiger partial charge on any atom is 0.252 e. The van der Waals surface area contributed by atoms with Gasteiger partial charge in [-0.3, -0.25) is 4.79 Å². The Labute approximate surface area is 145 Å². The molecule has 1 saturated heterocycles. The zero-order chi connectivity index (χ0) is 16.7. The molecule has 1 aliphatic carbocycles. The van der Waals surface area contributed by atoms with Gasteiger partial charge in [-0.05, 0) is 42.3 Å². The van der Waals surface area contributed by atoms with Crippen molar-refractivity contribution in [1.82, 2.24) is 9.62 Å². The molecule has 0 spiro atoms. The Hall–Kier alpha value is -1.70. The summed E-state index contributed by atoms with van der Waals surface area (Å²) in [4.78, 5) is 12.3. The molecule has 0 radical (unpaired) electrons. The van der Waals surface area contributed by atoms with Gasteiger partial charge in [0.05, 0.1) is 0 Å². The van der Waals surface area contributed by atoms with E-state index in [-0.39, 0.29) is 23.9 Å². The monoisotopic (exact) mass is 362 g/mol. The van der Waals surface area contributed by atoms with Crippen LogP contribution < -0.4 is 5.32 Å². The fourth-order valence-electron chi connectivity index (χ4n) is 3.75. The lowest BCUT2D eigenvalue weighted by Gasteiger charge is -2.30. The van der Waals surface area contributed by atoms with Crippen LogP contribution in [0.1, 0.15) is 23.2 Å². The van der Waals surface area contributed by atoms with Crippen molar-refractivity contribution in [3.8, 4) is 0 Å². The molecule has 1 aromatic heterocycles. The highest BCUT2D eigenvalue weighted by Crippen LogP contribution is 2.41. The van der Waals surface area contributed by atoms with E-state index in [0.717, 1.165) is 6.42 Å². The standard InChI is InChI=1S/C17H18N2O3S2/c20-17(12-5-2-1-3-6-12)18-15-10-14-9-13(15)11-19(14)24(21,22)16-7-4-8-23-16/h1-8,13-15H,9-11H2,(H,18,20). The summed E-state index contributed by atoms with van der Waals surface area (Å²) in [6.07, 6.45) is 1.51. The number of rotatable bonds is 4. The third kappa shape index (κ3) is 2.66. The van der Waals surface area contributed by atoms with Crippen molar-refractivity contribution >= 4 is 27.3 Å². The second-order valence-corrected chi connectivity index (χ2v) is 9.40. The molecule has 4 rings (SSSR count). The zero-order valence-corrected chi connectivity index (χ0v) is 14.6. The van der Waals surface area contributed by atoms with Crippen LogP contribution in [0.3, 0.4) is 0 Å². The predicted molar refractivity (Wildman–Crippen MR) is 92.4 cm³/mol. The Morgan fingerprint density at radius 2 is 1.92 bits per heavy atom. The van der Waals surface area contributed by atoms with Gasteiger partial charge in [-0.2, -0.15) is 4.31 Å². The number of carbonyl (C=O) groups is 1. The minimum absolute atomic E-state index is 0.0110. The Morgan fingerprint density at radius 3 is 2.54 bits per heavy atom. The fourth-order valence-corrected chi connectivity index (χ4v) is 6.57. The van der Waals surface area contributed by atoms with Crippen molar-refractivity contribution in [1.29, 1.82) is 0 Å². The molecule has 5 nitrogen and oxygen atoms in total. The molecular weight excluding hydrogens is 344 g/mol. The molecule has 1 saturated carbocycles. The molecule has 2 bridgehead atoms. The second kappa shape index (κ2) is 5.98. The van der Waals surface area contributed by atoms with Gasteiger partial charge in [-0.25, -0.2) is 8.42 Å². The summed E-state index contributed by atoms with van der Waals surface area (Å²) in [5.74, 6) is 0.109. The van der Waals surface area contributed by atoms with E-state index in [2.05, 4.69) is 5.32 Å². The molecule has 1 aromatic carbocycles. The van der Waals surface area contributed by atoms with Crippen molar-refractivity contribution in [2.75, 3.05) is 6.54 Å². The van der Waals surface area contributed by atoms with E-state index in [1.165, 1.54) is 11.3 Å². The quantitative estimate of drug-likeness (QED) is 0.908. The third-order valence-corrected chi connectivity index (χ3v) is 8.19. The normalized spacial score (nSPS) is 26.6. The first kappa shape index (κ1) is 15.8. The van der Waals surface area contributed by atoms with Gasteiger partial charge >= 0.3 is 0 Å². The number of piperidine rings is 1. The molecule has 1 aliphatic heterocycles. The van der Waals surface area contributed by atoms with E-state index in [0.29, 0.717) is 22.7 Å². The Morgan fingerprint density at radius 1 is 1.12 bits per heavy atom. The number of carbonyl (C=O) groups excluding carboxylic acids is 1. The molecule has 126 valence electrons. The summed E-state index contributed by atoms with van der Waals surface area (Å²) < 4.78 is 27.4. The maximum absolute atomic E-state index is 12.7. The Balaban J connectivity index is 1.44. The summed E-state index contributed by atoms with van der Waals surface area (Å²) in [5.41, 5.74) is 0.642.